The molecule has 0 aliphatic carbocycles. The van der Waals surface area contributed by atoms with Gasteiger partial charge in [0.2, 0.25) is 0 Å². The summed E-state index contributed by atoms with van der Waals surface area (Å²) in [4.78, 5) is 2.75. The van der Waals surface area contributed by atoms with Crippen molar-refractivity contribution in [3.8, 4) is 0 Å². The lowest BCUT2D eigenvalue weighted by molar-refractivity contribution is 0.0588. The summed E-state index contributed by atoms with van der Waals surface area (Å²) in [6.45, 7) is 15.3. The zero-order valence-electron chi connectivity index (χ0n) is 12.6. The predicted molar refractivity (Wildman–Crippen MR) is 76.4 cm³/mol. The van der Waals surface area contributed by atoms with Gasteiger partial charge >= 0.3 is 0 Å². The van der Waals surface area contributed by atoms with E-state index in [0.29, 0.717) is 5.54 Å². The van der Waals surface area contributed by atoms with E-state index in [9.17, 15) is 0 Å². The summed E-state index contributed by atoms with van der Waals surface area (Å²) in [6, 6.07) is 0.746. The van der Waals surface area contributed by atoms with Crippen LogP contribution in [0.5, 0.6) is 0 Å². The molecule has 1 aliphatic heterocycles. The Morgan fingerprint density at radius 2 is 1.88 bits per heavy atom. The second-order valence-corrected chi connectivity index (χ2v) is 5.87. The van der Waals surface area contributed by atoms with Gasteiger partial charge in [-0.3, -0.25) is 4.90 Å². The fourth-order valence-corrected chi connectivity index (χ4v) is 2.91. The molecule has 1 rings (SSSR count). The molecule has 102 valence electrons. The fourth-order valence-electron chi connectivity index (χ4n) is 2.91. The zero-order valence-corrected chi connectivity index (χ0v) is 12.6. The van der Waals surface area contributed by atoms with Crippen molar-refractivity contribution in [2.24, 2.45) is 5.92 Å². The van der Waals surface area contributed by atoms with E-state index in [1.807, 2.05) is 0 Å². The number of hydrogen-bond donors (Lipinski definition) is 1. The highest BCUT2D eigenvalue weighted by molar-refractivity contribution is 4.96. The van der Waals surface area contributed by atoms with E-state index >= 15 is 0 Å². The van der Waals surface area contributed by atoms with Crippen LogP contribution in [0.3, 0.4) is 0 Å². The summed E-state index contributed by atoms with van der Waals surface area (Å²) in [5.41, 5.74) is 0.374. The van der Waals surface area contributed by atoms with Crippen molar-refractivity contribution in [3.63, 3.8) is 0 Å². The van der Waals surface area contributed by atoms with Gasteiger partial charge in [-0.2, -0.15) is 0 Å². The SMILES string of the molecule is CCC(C)CN1CC(CC)(CC)NCC1CC. The van der Waals surface area contributed by atoms with Crippen LogP contribution < -0.4 is 5.32 Å². The Hall–Kier alpha value is -0.0800. The Morgan fingerprint density at radius 3 is 2.35 bits per heavy atom. The third-order valence-corrected chi connectivity index (χ3v) is 4.80. The maximum absolute atomic E-state index is 3.81. The number of nitrogens with zero attached hydrogens (tertiary/aromatic N) is 1. The van der Waals surface area contributed by atoms with Crippen LogP contribution in [0.2, 0.25) is 0 Å². The molecular formula is C15H32N2. The van der Waals surface area contributed by atoms with E-state index in [-0.39, 0.29) is 0 Å². The number of piperazine rings is 1. The topological polar surface area (TPSA) is 15.3 Å². The minimum Gasteiger partial charge on any atom is -0.308 e. The highest BCUT2D eigenvalue weighted by Crippen LogP contribution is 2.24. The van der Waals surface area contributed by atoms with E-state index in [4.69, 9.17) is 0 Å². The van der Waals surface area contributed by atoms with E-state index in [2.05, 4.69) is 44.8 Å². The minimum absolute atomic E-state index is 0.374. The molecule has 0 bridgehead atoms. The monoisotopic (exact) mass is 240 g/mol. The summed E-state index contributed by atoms with van der Waals surface area (Å²) >= 11 is 0. The van der Waals surface area contributed by atoms with Gasteiger partial charge in [0.25, 0.3) is 0 Å². The van der Waals surface area contributed by atoms with Gasteiger partial charge in [0.15, 0.2) is 0 Å². The van der Waals surface area contributed by atoms with Crippen molar-refractivity contribution in [1.82, 2.24) is 10.2 Å². The Balaban J connectivity index is 2.67. The fraction of sp³-hybridized carbons (Fsp3) is 1.00. The van der Waals surface area contributed by atoms with Gasteiger partial charge in [-0.05, 0) is 25.2 Å². The second-order valence-electron chi connectivity index (χ2n) is 5.87. The van der Waals surface area contributed by atoms with Crippen LogP contribution in [0, 0.1) is 5.92 Å². The smallest absolute Gasteiger partial charge is 0.0304 e. The predicted octanol–water partition coefficient (Wildman–Crippen LogP) is 3.28. The molecule has 2 atom stereocenters. The maximum Gasteiger partial charge on any atom is 0.0304 e. The molecule has 0 spiro atoms. The first-order valence-corrected chi connectivity index (χ1v) is 7.59. The molecule has 2 unspecified atom stereocenters. The summed E-state index contributed by atoms with van der Waals surface area (Å²) in [5.74, 6) is 0.827. The molecule has 1 heterocycles. The molecule has 0 aromatic rings. The zero-order chi connectivity index (χ0) is 12.9. The normalized spacial score (nSPS) is 27.0. The Morgan fingerprint density at radius 1 is 1.24 bits per heavy atom. The third kappa shape index (κ3) is 3.69. The van der Waals surface area contributed by atoms with Crippen LogP contribution in [0.4, 0.5) is 0 Å². The van der Waals surface area contributed by atoms with E-state index in [1.165, 1.54) is 45.3 Å². The molecular weight excluding hydrogens is 208 g/mol. The largest absolute Gasteiger partial charge is 0.308 e. The maximum atomic E-state index is 3.81. The summed E-state index contributed by atoms with van der Waals surface area (Å²) in [6.07, 6.45) is 5.06. The van der Waals surface area contributed by atoms with E-state index in [1.54, 1.807) is 0 Å². The second kappa shape index (κ2) is 6.75. The average molecular weight is 240 g/mol. The standard InChI is InChI=1S/C15H32N2/c1-6-13(5)11-17-12-15(8-3,9-4)16-10-14(17)7-2/h13-14,16H,6-12H2,1-5H3. The van der Waals surface area contributed by atoms with Crippen LogP contribution in [-0.2, 0) is 0 Å². The summed E-state index contributed by atoms with van der Waals surface area (Å²) < 4.78 is 0. The van der Waals surface area contributed by atoms with Gasteiger partial charge in [-0.25, -0.2) is 0 Å². The van der Waals surface area contributed by atoms with Crippen LogP contribution >= 0.6 is 0 Å². The molecule has 17 heavy (non-hydrogen) atoms. The molecule has 0 aromatic heterocycles. The van der Waals surface area contributed by atoms with Gasteiger partial charge in [0.1, 0.15) is 0 Å². The van der Waals surface area contributed by atoms with Crippen LogP contribution in [0.25, 0.3) is 0 Å². The molecule has 0 aromatic carbocycles. The van der Waals surface area contributed by atoms with Crippen molar-refractivity contribution < 1.29 is 0 Å². The Bertz CT molecular complexity index is 211. The van der Waals surface area contributed by atoms with Crippen molar-refractivity contribution >= 4 is 0 Å². The molecule has 2 nitrogen and oxygen atoms in total. The quantitative estimate of drug-likeness (QED) is 0.766. The highest BCUT2D eigenvalue weighted by atomic mass is 15.3. The van der Waals surface area contributed by atoms with Crippen molar-refractivity contribution in [3.05, 3.63) is 0 Å². The Kier molecular flexibility index (Phi) is 5.94. The molecule has 1 N–H and O–H groups in total. The molecule has 1 fully saturated rings. The van der Waals surface area contributed by atoms with Gasteiger partial charge in [-0.1, -0.05) is 41.0 Å². The van der Waals surface area contributed by atoms with Gasteiger partial charge < -0.3 is 5.32 Å². The van der Waals surface area contributed by atoms with Crippen molar-refractivity contribution in [1.29, 1.82) is 0 Å². The lowest BCUT2D eigenvalue weighted by Gasteiger charge is -2.48. The number of hydrogen-bond acceptors (Lipinski definition) is 2. The lowest BCUT2D eigenvalue weighted by atomic mass is 9.87. The molecule has 1 aliphatic rings. The highest BCUT2D eigenvalue weighted by Gasteiger charge is 2.36. The van der Waals surface area contributed by atoms with Crippen LogP contribution in [0.15, 0.2) is 0 Å². The van der Waals surface area contributed by atoms with Crippen molar-refractivity contribution in [2.45, 2.75) is 71.9 Å². The molecule has 2 heteroatoms. The molecule has 1 saturated heterocycles. The van der Waals surface area contributed by atoms with E-state index in [0.717, 1.165) is 12.0 Å². The average Bonchev–Trinajstić information content (AvgIpc) is 2.38. The first-order chi connectivity index (χ1) is 8.10. The summed E-state index contributed by atoms with van der Waals surface area (Å²) in [5, 5.41) is 3.81. The lowest BCUT2D eigenvalue weighted by Crippen LogP contribution is -2.64. The van der Waals surface area contributed by atoms with Gasteiger partial charge in [0.05, 0.1) is 0 Å². The minimum atomic E-state index is 0.374. The molecule has 0 radical (unpaired) electrons. The molecule has 0 amide bonds. The first kappa shape index (κ1) is 15.0. The first-order valence-electron chi connectivity index (χ1n) is 7.59. The molecule has 0 saturated carbocycles. The Labute approximate surface area is 108 Å². The number of rotatable bonds is 6. The van der Waals surface area contributed by atoms with E-state index < -0.39 is 0 Å². The number of nitrogens with one attached hydrogen (secondary N) is 1. The summed E-state index contributed by atoms with van der Waals surface area (Å²) in [7, 11) is 0. The van der Waals surface area contributed by atoms with Crippen LogP contribution in [-0.4, -0.2) is 36.1 Å². The van der Waals surface area contributed by atoms with Gasteiger partial charge in [0, 0.05) is 31.2 Å². The van der Waals surface area contributed by atoms with Crippen molar-refractivity contribution in [2.75, 3.05) is 19.6 Å². The third-order valence-electron chi connectivity index (χ3n) is 4.80. The van der Waals surface area contributed by atoms with Crippen LogP contribution in [0.1, 0.15) is 60.3 Å². The van der Waals surface area contributed by atoms with Gasteiger partial charge in [-0.15, -0.1) is 0 Å².